The number of hydrogen-bond acceptors (Lipinski definition) is 3. The molecule has 2 rings (SSSR count). The van der Waals surface area contributed by atoms with Crippen LogP contribution < -0.4 is 5.32 Å². The molecular weight excluding hydrogens is 200 g/mol. The van der Waals surface area contributed by atoms with Gasteiger partial charge in [-0.25, -0.2) is 4.98 Å². The molecule has 0 aliphatic carbocycles. The summed E-state index contributed by atoms with van der Waals surface area (Å²) in [5.74, 6) is 0. The molecule has 0 aliphatic rings. The number of nitrogens with zero attached hydrogens (tertiary/aromatic N) is 2. The van der Waals surface area contributed by atoms with Crippen LogP contribution in [0.25, 0.3) is 0 Å². The lowest BCUT2D eigenvalue weighted by Crippen LogP contribution is -2.01. The van der Waals surface area contributed by atoms with Gasteiger partial charge in [0.25, 0.3) is 0 Å². The van der Waals surface area contributed by atoms with Crippen LogP contribution in [0, 0.1) is 18.3 Å². The highest BCUT2D eigenvalue weighted by molar-refractivity contribution is 5.55. The predicted octanol–water partition coefficient (Wildman–Crippen LogP) is 2.20. The third-order valence-corrected chi connectivity index (χ3v) is 2.39. The first-order chi connectivity index (χ1) is 7.79. The highest BCUT2D eigenvalue weighted by atomic mass is 14.9. The highest BCUT2D eigenvalue weighted by Crippen LogP contribution is 2.16. The number of nitrogens with one attached hydrogen (secondary N) is 2. The van der Waals surface area contributed by atoms with Crippen LogP contribution in [0.3, 0.4) is 0 Å². The zero-order chi connectivity index (χ0) is 11.4. The number of benzene rings is 1. The Labute approximate surface area is 94.0 Å². The lowest BCUT2D eigenvalue weighted by atomic mass is 10.1. The molecule has 2 aromatic rings. The summed E-state index contributed by atoms with van der Waals surface area (Å²) >= 11 is 0. The van der Waals surface area contributed by atoms with E-state index in [1.165, 1.54) is 0 Å². The fraction of sp³-hybridized carbons (Fsp3) is 0.167. The quantitative estimate of drug-likeness (QED) is 0.819. The predicted molar refractivity (Wildman–Crippen MR) is 61.8 cm³/mol. The van der Waals surface area contributed by atoms with E-state index in [0.717, 1.165) is 16.9 Å². The lowest BCUT2D eigenvalue weighted by molar-refractivity contribution is 1.07. The molecule has 2 N–H and O–H groups in total. The van der Waals surface area contributed by atoms with Crippen LogP contribution in [0.4, 0.5) is 5.69 Å². The Morgan fingerprint density at radius 2 is 2.38 bits per heavy atom. The molecule has 1 aromatic heterocycles. The van der Waals surface area contributed by atoms with Crippen LogP contribution in [0.5, 0.6) is 0 Å². The van der Waals surface area contributed by atoms with E-state index in [2.05, 4.69) is 21.4 Å². The average Bonchev–Trinajstić information content (AvgIpc) is 2.81. The van der Waals surface area contributed by atoms with Gasteiger partial charge in [0, 0.05) is 11.9 Å². The second kappa shape index (κ2) is 4.49. The maximum absolute atomic E-state index is 8.81. The number of rotatable bonds is 3. The number of anilines is 1. The minimum Gasteiger partial charge on any atom is -0.379 e. The normalized spacial score (nSPS) is 9.75. The summed E-state index contributed by atoms with van der Waals surface area (Å²) in [5.41, 5.74) is 3.78. The molecule has 80 valence electrons. The van der Waals surface area contributed by atoms with Gasteiger partial charge < -0.3 is 10.3 Å². The van der Waals surface area contributed by atoms with E-state index in [1.807, 2.05) is 25.1 Å². The first-order valence-electron chi connectivity index (χ1n) is 5.01. The molecule has 0 radical (unpaired) electrons. The third kappa shape index (κ3) is 2.20. The van der Waals surface area contributed by atoms with E-state index >= 15 is 0 Å². The second-order valence-corrected chi connectivity index (χ2v) is 3.57. The number of hydrogen-bond donors (Lipinski definition) is 2. The molecule has 0 amide bonds. The van der Waals surface area contributed by atoms with Crippen LogP contribution in [0.1, 0.15) is 16.8 Å². The Morgan fingerprint density at radius 1 is 1.50 bits per heavy atom. The van der Waals surface area contributed by atoms with Crippen LogP contribution >= 0.6 is 0 Å². The number of imidazole rings is 1. The largest absolute Gasteiger partial charge is 0.379 e. The van der Waals surface area contributed by atoms with E-state index in [0.29, 0.717) is 12.1 Å². The van der Waals surface area contributed by atoms with E-state index in [1.54, 1.807) is 12.5 Å². The fourth-order valence-electron chi connectivity index (χ4n) is 1.45. The number of H-pyrrole nitrogens is 1. The first-order valence-corrected chi connectivity index (χ1v) is 5.01. The zero-order valence-corrected chi connectivity index (χ0v) is 8.99. The topological polar surface area (TPSA) is 64.5 Å². The van der Waals surface area contributed by atoms with Gasteiger partial charge in [0.05, 0.1) is 30.2 Å². The Bertz CT molecular complexity index is 508. The van der Waals surface area contributed by atoms with Gasteiger partial charge in [-0.1, -0.05) is 6.07 Å². The molecule has 0 saturated carbocycles. The number of aromatic amines is 1. The van der Waals surface area contributed by atoms with Crippen molar-refractivity contribution in [3.05, 3.63) is 47.5 Å². The van der Waals surface area contributed by atoms with Crippen molar-refractivity contribution in [3.63, 3.8) is 0 Å². The van der Waals surface area contributed by atoms with Gasteiger partial charge in [-0.15, -0.1) is 0 Å². The molecule has 16 heavy (non-hydrogen) atoms. The molecule has 1 heterocycles. The molecule has 0 spiro atoms. The van der Waals surface area contributed by atoms with Crippen LogP contribution in [-0.4, -0.2) is 9.97 Å². The van der Waals surface area contributed by atoms with Gasteiger partial charge in [-0.3, -0.25) is 0 Å². The molecule has 1 aromatic carbocycles. The monoisotopic (exact) mass is 212 g/mol. The van der Waals surface area contributed by atoms with Crippen molar-refractivity contribution in [1.29, 1.82) is 5.26 Å². The van der Waals surface area contributed by atoms with Gasteiger partial charge in [0.2, 0.25) is 0 Å². The summed E-state index contributed by atoms with van der Waals surface area (Å²) in [5, 5.41) is 12.1. The van der Waals surface area contributed by atoms with Crippen molar-refractivity contribution >= 4 is 5.69 Å². The Morgan fingerprint density at radius 3 is 3.06 bits per heavy atom. The van der Waals surface area contributed by atoms with Crippen molar-refractivity contribution in [2.75, 3.05) is 5.32 Å². The average molecular weight is 212 g/mol. The Balaban J connectivity index is 2.12. The molecular formula is C12H12N4. The Kier molecular flexibility index (Phi) is 2.88. The lowest BCUT2D eigenvalue weighted by Gasteiger charge is -2.08. The minimum atomic E-state index is 0.665. The second-order valence-electron chi connectivity index (χ2n) is 3.57. The van der Waals surface area contributed by atoms with Crippen molar-refractivity contribution in [3.8, 4) is 6.07 Å². The Hall–Kier alpha value is -2.28. The summed E-state index contributed by atoms with van der Waals surface area (Å²) < 4.78 is 0. The molecule has 0 unspecified atom stereocenters. The van der Waals surface area contributed by atoms with Gasteiger partial charge in [-0.2, -0.15) is 5.26 Å². The standard InChI is InChI=1S/C12H12N4/c1-9-2-3-10(5-13)4-12(9)15-7-11-6-14-8-16-11/h2-4,6,8,15H,7H2,1H3,(H,14,16). The molecule has 0 fully saturated rings. The van der Waals surface area contributed by atoms with Crippen molar-refractivity contribution in [2.45, 2.75) is 13.5 Å². The summed E-state index contributed by atoms with van der Waals surface area (Å²) in [6.45, 7) is 2.69. The van der Waals surface area contributed by atoms with Crippen LogP contribution in [0.15, 0.2) is 30.7 Å². The van der Waals surface area contributed by atoms with Gasteiger partial charge in [-0.05, 0) is 24.6 Å². The van der Waals surface area contributed by atoms with Crippen LogP contribution in [0.2, 0.25) is 0 Å². The number of nitriles is 1. The SMILES string of the molecule is Cc1ccc(C#N)cc1NCc1cnc[nH]1. The summed E-state index contributed by atoms with van der Waals surface area (Å²) in [6, 6.07) is 7.73. The van der Waals surface area contributed by atoms with Crippen LogP contribution in [-0.2, 0) is 6.54 Å². The first kappa shape index (κ1) is 10.2. The van der Waals surface area contributed by atoms with Crippen molar-refractivity contribution in [1.82, 2.24) is 9.97 Å². The van der Waals surface area contributed by atoms with E-state index < -0.39 is 0 Å². The van der Waals surface area contributed by atoms with E-state index in [9.17, 15) is 0 Å². The van der Waals surface area contributed by atoms with Gasteiger partial charge in [0.15, 0.2) is 0 Å². The third-order valence-electron chi connectivity index (χ3n) is 2.39. The van der Waals surface area contributed by atoms with Gasteiger partial charge in [0.1, 0.15) is 0 Å². The van der Waals surface area contributed by atoms with E-state index in [-0.39, 0.29) is 0 Å². The summed E-state index contributed by atoms with van der Waals surface area (Å²) in [4.78, 5) is 6.96. The maximum Gasteiger partial charge on any atom is 0.0992 e. The smallest absolute Gasteiger partial charge is 0.0992 e. The molecule has 4 nitrogen and oxygen atoms in total. The van der Waals surface area contributed by atoms with Crippen molar-refractivity contribution in [2.24, 2.45) is 0 Å². The molecule has 4 heteroatoms. The maximum atomic E-state index is 8.81. The minimum absolute atomic E-state index is 0.665. The van der Waals surface area contributed by atoms with E-state index in [4.69, 9.17) is 5.26 Å². The zero-order valence-electron chi connectivity index (χ0n) is 8.99. The molecule has 0 aliphatic heterocycles. The summed E-state index contributed by atoms with van der Waals surface area (Å²) in [6.07, 6.45) is 3.42. The number of aromatic nitrogens is 2. The molecule has 0 bridgehead atoms. The van der Waals surface area contributed by atoms with Gasteiger partial charge >= 0.3 is 0 Å². The molecule has 0 saturated heterocycles. The molecule has 0 atom stereocenters. The van der Waals surface area contributed by atoms with Crippen molar-refractivity contribution < 1.29 is 0 Å². The fourth-order valence-corrected chi connectivity index (χ4v) is 1.45. The summed E-state index contributed by atoms with van der Waals surface area (Å²) in [7, 11) is 0. The highest BCUT2D eigenvalue weighted by Gasteiger charge is 2.00. The number of aryl methyl sites for hydroxylation is 1.